The fourth-order valence-electron chi connectivity index (χ4n) is 1.81. The first kappa shape index (κ1) is 16.4. The van der Waals surface area contributed by atoms with Gasteiger partial charge in [-0.25, -0.2) is 4.79 Å². The number of carbonyl (C=O) groups excluding carboxylic acids is 1. The van der Waals surface area contributed by atoms with Gasteiger partial charge in [-0.3, -0.25) is 0 Å². The Bertz CT molecular complexity index is 641. The van der Waals surface area contributed by atoms with Crippen LogP contribution in [0.3, 0.4) is 0 Å². The zero-order valence-corrected chi connectivity index (χ0v) is 13.9. The van der Waals surface area contributed by atoms with Gasteiger partial charge >= 0.3 is 5.97 Å². The monoisotopic (exact) mass is 363 g/mol. The summed E-state index contributed by atoms with van der Waals surface area (Å²) in [6, 6.07) is 12.7. The lowest BCUT2D eigenvalue weighted by atomic mass is 10.2. The van der Waals surface area contributed by atoms with Gasteiger partial charge in [-0.15, -0.1) is 0 Å². The second kappa shape index (κ2) is 7.84. The number of anilines is 1. The van der Waals surface area contributed by atoms with Gasteiger partial charge < -0.3 is 15.2 Å². The summed E-state index contributed by atoms with van der Waals surface area (Å²) in [5, 5.41) is 0. The van der Waals surface area contributed by atoms with Crippen molar-refractivity contribution in [2.75, 3.05) is 12.3 Å². The highest BCUT2D eigenvalue weighted by Crippen LogP contribution is 2.24. The fourth-order valence-corrected chi connectivity index (χ4v) is 2.07. The first-order valence-corrected chi connectivity index (χ1v) is 7.83. The number of benzene rings is 2. The molecule has 0 heterocycles. The Hall–Kier alpha value is -2.01. The maximum absolute atomic E-state index is 11.9. The number of esters is 1. The van der Waals surface area contributed by atoms with Crippen molar-refractivity contribution >= 4 is 27.6 Å². The molecule has 0 saturated carbocycles. The number of ether oxygens (including phenoxy) is 2. The first-order valence-electron chi connectivity index (χ1n) is 7.04. The average Bonchev–Trinajstić information content (AvgIpc) is 2.53. The van der Waals surface area contributed by atoms with Crippen LogP contribution < -0.4 is 10.5 Å². The van der Waals surface area contributed by atoms with Crippen molar-refractivity contribution in [1.82, 2.24) is 0 Å². The van der Waals surface area contributed by atoms with Gasteiger partial charge in [-0.2, -0.15) is 0 Å². The highest BCUT2D eigenvalue weighted by Gasteiger charge is 2.10. The molecule has 0 aromatic heterocycles. The summed E-state index contributed by atoms with van der Waals surface area (Å²) in [4.78, 5) is 11.9. The molecule has 22 heavy (non-hydrogen) atoms. The minimum Gasteiger partial charge on any atom is -0.487 e. The molecule has 116 valence electrons. The van der Waals surface area contributed by atoms with Gasteiger partial charge in [0.25, 0.3) is 0 Å². The van der Waals surface area contributed by atoms with Gasteiger partial charge in [-0.05, 0) is 42.3 Å². The van der Waals surface area contributed by atoms with E-state index in [0.29, 0.717) is 30.2 Å². The molecular formula is C17H18BrNO3. The summed E-state index contributed by atoms with van der Waals surface area (Å²) < 4.78 is 11.8. The molecule has 2 N–H and O–H groups in total. The number of hydrogen-bond donors (Lipinski definition) is 1. The third kappa shape index (κ3) is 4.49. The number of halogens is 1. The number of nitrogen functional groups attached to an aromatic ring is 1. The van der Waals surface area contributed by atoms with Crippen LogP contribution in [0.5, 0.6) is 5.75 Å². The second-order valence-electron chi connectivity index (χ2n) is 4.80. The van der Waals surface area contributed by atoms with Crippen LogP contribution in [0.1, 0.15) is 29.3 Å². The van der Waals surface area contributed by atoms with E-state index in [2.05, 4.69) is 15.9 Å². The first-order chi connectivity index (χ1) is 10.6. The summed E-state index contributed by atoms with van der Waals surface area (Å²) in [6.45, 7) is 2.73. The van der Waals surface area contributed by atoms with E-state index in [1.165, 1.54) is 0 Å². The molecule has 0 unspecified atom stereocenters. The Balaban J connectivity index is 2.06. The van der Waals surface area contributed by atoms with E-state index in [9.17, 15) is 4.79 Å². The summed E-state index contributed by atoms with van der Waals surface area (Å²) in [5.74, 6) is 0.115. The second-order valence-corrected chi connectivity index (χ2v) is 5.72. The molecule has 2 rings (SSSR count). The fraction of sp³-hybridized carbons (Fsp3) is 0.235. The zero-order valence-electron chi connectivity index (χ0n) is 12.3. The van der Waals surface area contributed by atoms with Crippen molar-refractivity contribution in [2.45, 2.75) is 20.0 Å². The van der Waals surface area contributed by atoms with E-state index in [0.717, 1.165) is 16.5 Å². The molecule has 4 nitrogen and oxygen atoms in total. The van der Waals surface area contributed by atoms with Crippen LogP contribution in [0.25, 0.3) is 0 Å². The molecule has 0 spiro atoms. The lowest BCUT2D eigenvalue weighted by Gasteiger charge is -2.11. The maximum Gasteiger partial charge on any atom is 0.338 e. The molecule has 2 aromatic carbocycles. The van der Waals surface area contributed by atoms with Crippen LogP contribution >= 0.6 is 15.9 Å². The van der Waals surface area contributed by atoms with Gasteiger partial charge in [0.15, 0.2) is 0 Å². The number of nitrogens with two attached hydrogens (primary N) is 1. The van der Waals surface area contributed by atoms with Gasteiger partial charge in [0.05, 0.1) is 17.9 Å². The Morgan fingerprint density at radius 1 is 1.18 bits per heavy atom. The van der Waals surface area contributed by atoms with Crippen LogP contribution in [-0.2, 0) is 11.3 Å². The van der Waals surface area contributed by atoms with Crippen LogP contribution in [0.4, 0.5) is 5.69 Å². The minimum atomic E-state index is -0.365. The normalized spacial score (nSPS) is 10.3. The minimum absolute atomic E-state index is 0.365. The van der Waals surface area contributed by atoms with Gasteiger partial charge in [0, 0.05) is 4.47 Å². The lowest BCUT2D eigenvalue weighted by molar-refractivity contribution is 0.0504. The summed E-state index contributed by atoms with van der Waals surface area (Å²) in [6.07, 6.45) is 0.785. The molecule has 0 saturated heterocycles. The Labute approximate surface area is 138 Å². The number of carbonyl (C=O) groups is 1. The van der Waals surface area contributed by atoms with Crippen LogP contribution in [-0.4, -0.2) is 12.6 Å². The van der Waals surface area contributed by atoms with Crippen molar-refractivity contribution in [2.24, 2.45) is 0 Å². The molecule has 0 bridgehead atoms. The predicted octanol–water partition coefficient (Wildman–Crippen LogP) is 4.18. The van der Waals surface area contributed by atoms with E-state index in [1.807, 2.05) is 31.2 Å². The molecule has 0 radical (unpaired) electrons. The van der Waals surface area contributed by atoms with Crippen molar-refractivity contribution < 1.29 is 14.3 Å². The molecular weight excluding hydrogens is 346 g/mol. The van der Waals surface area contributed by atoms with E-state index in [-0.39, 0.29) is 5.97 Å². The molecule has 0 fully saturated rings. The van der Waals surface area contributed by atoms with Crippen LogP contribution in [0, 0.1) is 0 Å². The van der Waals surface area contributed by atoms with Gasteiger partial charge in [0.1, 0.15) is 12.4 Å². The van der Waals surface area contributed by atoms with Crippen molar-refractivity contribution in [3.63, 3.8) is 0 Å². The SMILES string of the molecule is CCCOC(=O)c1ccc(N)c(OCc2ccc(Br)cc2)c1. The number of rotatable bonds is 6. The largest absolute Gasteiger partial charge is 0.487 e. The van der Waals surface area contributed by atoms with Crippen LogP contribution in [0.15, 0.2) is 46.9 Å². The Morgan fingerprint density at radius 3 is 2.59 bits per heavy atom. The standard InChI is InChI=1S/C17H18BrNO3/c1-2-9-21-17(20)13-5-8-15(19)16(10-13)22-11-12-3-6-14(18)7-4-12/h3-8,10H,2,9,11,19H2,1H3. The third-order valence-electron chi connectivity index (χ3n) is 2.99. The lowest BCUT2D eigenvalue weighted by Crippen LogP contribution is -2.07. The molecule has 2 aromatic rings. The predicted molar refractivity (Wildman–Crippen MR) is 89.9 cm³/mol. The van der Waals surface area contributed by atoms with E-state index in [4.69, 9.17) is 15.2 Å². The summed E-state index contributed by atoms with van der Waals surface area (Å²) in [5.41, 5.74) is 7.84. The van der Waals surface area contributed by atoms with Gasteiger partial charge in [0.2, 0.25) is 0 Å². The Kier molecular flexibility index (Phi) is 5.83. The van der Waals surface area contributed by atoms with Gasteiger partial charge in [-0.1, -0.05) is 35.0 Å². The molecule has 5 heteroatoms. The summed E-state index contributed by atoms with van der Waals surface area (Å²) >= 11 is 3.39. The highest BCUT2D eigenvalue weighted by molar-refractivity contribution is 9.10. The van der Waals surface area contributed by atoms with Crippen molar-refractivity contribution in [3.05, 3.63) is 58.1 Å². The topological polar surface area (TPSA) is 61.5 Å². The van der Waals surface area contributed by atoms with Crippen molar-refractivity contribution in [1.29, 1.82) is 0 Å². The van der Waals surface area contributed by atoms with E-state index >= 15 is 0 Å². The molecule has 0 atom stereocenters. The maximum atomic E-state index is 11.9. The quantitative estimate of drug-likeness (QED) is 0.617. The van der Waals surface area contributed by atoms with E-state index < -0.39 is 0 Å². The van der Waals surface area contributed by atoms with Crippen molar-refractivity contribution in [3.8, 4) is 5.75 Å². The molecule has 0 aliphatic carbocycles. The Morgan fingerprint density at radius 2 is 1.91 bits per heavy atom. The molecule has 0 amide bonds. The highest BCUT2D eigenvalue weighted by atomic mass is 79.9. The smallest absolute Gasteiger partial charge is 0.338 e. The van der Waals surface area contributed by atoms with E-state index in [1.54, 1.807) is 18.2 Å². The molecule has 0 aliphatic heterocycles. The number of hydrogen-bond acceptors (Lipinski definition) is 4. The average molecular weight is 364 g/mol. The van der Waals surface area contributed by atoms with Crippen LogP contribution in [0.2, 0.25) is 0 Å². The summed E-state index contributed by atoms with van der Waals surface area (Å²) in [7, 11) is 0. The third-order valence-corrected chi connectivity index (χ3v) is 3.52. The molecule has 0 aliphatic rings. The zero-order chi connectivity index (χ0) is 15.9.